The number of rotatable bonds is 8. The van der Waals surface area contributed by atoms with Crippen LogP contribution in [0.25, 0.3) is 0 Å². The van der Waals surface area contributed by atoms with Gasteiger partial charge in [-0.2, -0.15) is 5.10 Å². The van der Waals surface area contributed by atoms with Crippen molar-refractivity contribution >= 4 is 29.1 Å². The van der Waals surface area contributed by atoms with Gasteiger partial charge in [-0.1, -0.05) is 48.9 Å². The summed E-state index contributed by atoms with van der Waals surface area (Å²) >= 11 is 6.02. The summed E-state index contributed by atoms with van der Waals surface area (Å²) in [5, 5.41) is 6.41. The quantitative estimate of drug-likeness (QED) is 0.616. The maximum Gasteiger partial charge on any atom is 0.262 e. The molecule has 0 aliphatic carbocycles. The summed E-state index contributed by atoms with van der Waals surface area (Å²) in [6.45, 7) is 2.24. The van der Waals surface area contributed by atoms with Crippen LogP contribution in [0.15, 0.2) is 53.6 Å². The van der Waals surface area contributed by atoms with Crippen LogP contribution in [0.5, 0.6) is 0 Å². The van der Waals surface area contributed by atoms with Gasteiger partial charge >= 0.3 is 0 Å². The number of benzene rings is 2. The van der Waals surface area contributed by atoms with Gasteiger partial charge in [0.05, 0.1) is 18.4 Å². The van der Waals surface area contributed by atoms with Crippen molar-refractivity contribution < 1.29 is 18.7 Å². The van der Waals surface area contributed by atoms with Crippen LogP contribution in [0.4, 0.5) is 4.39 Å². The van der Waals surface area contributed by atoms with E-state index in [0.717, 1.165) is 5.56 Å². The Kier molecular flexibility index (Phi) is 7.76. The molecule has 1 atom stereocenters. The highest BCUT2D eigenvalue weighted by molar-refractivity contribution is 6.30. The Morgan fingerprint density at radius 3 is 2.58 bits per heavy atom. The number of hydrazone groups is 1. The Morgan fingerprint density at radius 1 is 1.23 bits per heavy atom. The van der Waals surface area contributed by atoms with E-state index in [1.807, 2.05) is 12.1 Å². The fraction of sp³-hybridized carbons (Fsp3) is 0.348. The maximum atomic E-state index is 14.4. The fourth-order valence-electron chi connectivity index (χ4n) is 3.50. The number of carbonyl (C=O) groups is 2. The Morgan fingerprint density at radius 2 is 1.94 bits per heavy atom. The molecule has 1 aliphatic heterocycles. The number of halogens is 2. The number of hydrogen-bond acceptors (Lipinski definition) is 4. The van der Waals surface area contributed by atoms with E-state index in [0.29, 0.717) is 35.9 Å². The Hall–Kier alpha value is -2.77. The zero-order chi connectivity index (χ0) is 22.4. The molecular formula is C23H25ClFN3O3. The van der Waals surface area contributed by atoms with Crippen LogP contribution in [-0.2, 0) is 14.3 Å². The van der Waals surface area contributed by atoms with Crippen molar-refractivity contribution in [1.29, 1.82) is 0 Å². The number of ether oxygens (including phenoxy) is 1. The van der Waals surface area contributed by atoms with Gasteiger partial charge < -0.3 is 9.64 Å². The molecule has 1 heterocycles. The smallest absolute Gasteiger partial charge is 0.262 e. The number of methoxy groups -OCH3 is 1. The lowest BCUT2D eigenvalue weighted by molar-refractivity contribution is -0.141. The third-order valence-electron chi connectivity index (χ3n) is 5.15. The minimum atomic E-state index is -0.416. The van der Waals surface area contributed by atoms with Crippen LogP contribution >= 0.6 is 11.6 Å². The zero-order valence-electron chi connectivity index (χ0n) is 17.6. The third-order valence-corrected chi connectivity index (χ3v) is 5.40. The topological polar surface area (TPSA) is 62.2 Å². The molecule has 0 N–H and O–H groups in total. The summed E-state index contributed by atoms with van der Waals surface area (Å²) in [5.74, 6) is -0.886. The van der Waals surface area contributed by atoms with Crippen LogP contribution in [0, 0.1) is 5.82 Å². The van der Waals surface area contributed by atoms with Crippen molar-refractivity contribution in [3.05, 3.63) is 70.5 Å². The monoisotopic (exact) mass is 445 g/mol. The van der Waals surface area contributed by atoms with Crippen LogP contribution < -0.4 is 0 Å². The molecule has 8 heteroatoms. The molecule has 6 nitrogen and oxygen atoms in total. The molecule has 2 amide bonds. The summed E-state index contributed by atoms with van der Waals surface area (Å²) < 4.78 is 19.4. The van der Waals surface area contributed by atoms with Gasteiger partial charge in [-0.3, -0.25) is 9.59 Å². The van der Waals surface area contributed by atoms with Gasteiger partial charge in [0.1, 0.15) is 12.4 Å². The summed E-state index contributed by atoms with van der Waals surface area (Å²) in [6, 6.07) is 13.1. The highest BCUT2D eigenvalue weighted by atomic mass is 35.5. The first kappa shape index (κ1) is 22.9. The maximum absolute atomic E-state index is 14.4. The largest absolute Gasteiger partial charge is 0.383 e. The van der Waals surface area contributed by atoms with Crippen molar-refractivity contribution in [3.8, 4) is 0 Å². The average molecular weight is 446 g/mol. The average Bonchev–Trinajstić information content (AvgIpc) is 3.22. The van der Waals surface area contributed by atoms with Gasteiger partial charge in [0.2, 0.25) is 5.91 Å². The summed E-state index contributed by atoms with van der Waals surface area (Å²) in [7, 11) is 1.54. The lowest BCUT2D eigenvalue weighted by Gasteiger charge is -2.26. The molecule has 0 fully saturated rings. The van der Waals surface area contributed by atoms with E-state index in [1.165, 1.54) is 16.0 Å². The van der Waals surface area contributed by atoms with Crippen molar-refractivity contribution in [2.45, 2.75) is 25.8 Å². The molecule has 3 rings (SSSR count). The van der Waals surface area contributed by atoms with E-state index in [-0.39, 0.29) is 24.8 Å². The minimum Gasteiger partial charge on any atom is -0.383 e. The standard InChI is InChI=1S/C23H25ClFN3O3/c1-3-22(29)27(12-13-31-2)15-23(30)28-21(16-8-10-17(24)11-9-16)14-20(26-28)18-6-4-5-7-19(18)25/h4-11,21H,3,12-15H2,1-2H3/t21-/m1/s1. The van der Waals surface area contributed by atoms with Crippen LogP contribution in [0.2, 0.25) is 5.02 Å². The lowest BCUT2D eigenvalue weighted by atomic mass is 9.98. The van der Waals surface area contributed by atoms with Gasteiger partial charge in [-0.05, 0) is 23.8 Å². The molecular weight excluding hydrogens is 421 g/mol. The van der Waals surface area contributed by atoms with E-state index < -0.39 is 11.9 Å². The second-order valence-corrected chi connectivity index (χ2v) is 7.63. The number of nitrogens with zero attached hydrogens (tertiary/aromatic N) is 3. The van der Waals surface area contributed by atoms with Gasteiger partial charge in [0.25, 0.3) is 5.91 Å². The highest BCUT2D eigenvalue weighted by Gasteiger charge is 2.34. The number of carbonyl (C=O) groups excluding carboxylic acids is 2. The summed E-state index contributed by atoms with van der Waals surface area (Å²) in [6.07, 6.45) is 0.634. The van der Waals surface area contributed by atoms with E-state index in [9.17, 15) is 14.0 Å². The molecule has 2 aromatic rings. The predicted octanol–water partition coefficient (Wildman–Crippen LogP) is 4.04. The lowest BCUT2D eigenvalue weighted by Crippen LogP contribution is -2.42. The molecule has 0 unspecified atom stereocenters. The molecule has 0 saturated carbocycles. The van der Waals surface area contributed by atoms with Crippen molar-refractivity contribution in [2.75, 3.05) is 26.8 Å². The molecule has 0 aromatic heterocycles. The summed E-state index contributed by atoms with van der Waals surface area (Å²) in [4.78, 5) is 27.0. The van der Waals surface area contributed by atoms with E-state index >= 15 is 0 Å². The van der Waals surface area contributed by atoms with Crippen LogP contribution in [0.3, 0.4) is 0 Å². The Labute approximate surface area is 186 Å². The second kappa shape index (κ2) is 10.5. The van der Waals surface area contributed by atoms with Crippen molar-refractivity contribution in [2.24, 2.45) is 5.10 Å². The first-order chi connectivity index (χ1) is 14.9. The molecule has 1 aliphatic rings. The molecule has 0 bridgehead atoms. The van der Waals surface area contributed by atoms with E-state index in [1.54, 1.807) is 44.4 Å². The number of hydrogen-bond donors (Lipinski definition) is 0. The van der Waals surface area contributed by atoms with Crippen molar-refractivity contribution in [3.63, 3.8) is 0 Å². The van der Waals surface area contributed by atoms with Gasteiger partial charge in [-0.25, -0.2) is 9.40 Å². The molecule has 0 saturated heterocycles. The first-order valence-electron chi connectivity index (χ1n) is 10.1. The SMILES string of the molecule is CCC(=O)N(CCOC)CC(=O)N1N=C(c2ccccc2F)C[C@@H]1c1ccc(Cl)cc1. The van der Waals surface area contributed by atoms with Crippen LogP contribution in [-0.4, -0.2) is 54.2 Å². The first-order valence-corrected chi connectivity index (χ1v) is 10.5. The van der Waals surface area contributed by atoms with Crippen LogP contribution in [0.1, 0.15) is 36.9 Å². The summed E-state index contributed by atoms with van der Waals surface area (Å²) in [5.41, 5.74) is 1.67. The van der Waals surface area contributed by atoms with Gasteiger partial charge in [-0.15, -0.1) is 0 Å². The molecule has 2 aromatic carbocycles. The molecule has 164 valence electrons. The van der Waals surface area contributed by atoms with E-state index in [4.69, 9.17) is 16.3 Å². The zero-order valence-corrected chi connectivity index (χ0v) is 18.3. The predicted molar refractivity (Wildman–Crippen MR) is 117 cm³/mol. The number of amides is 2. The highest BCUT2D eigenvalue weighted by Crippen LogP contribution is 2.34. The fourth-order valence-corrected chi connectivity index (χ4v) is 3.62. The van der Waals surface area contributed by atoms with Gasteiger partial charge in [0.15, 0.2) is 0 Å². The second-order valence-electron chi connectivity index (χ2n) is 7.20. The molecule has 0 spiro atoms. The van der Waals surface area contributed by atoms with E-state index in [2.05, 4.69) is 5.10 Å². The minimum absolute atomic E-state index is 0.131. The molecule has 31 heavy (non-hydrogen) atoms. The molecule has 0 radical (unpaired) electrons. The Bertz CT molecular complexity index is 965. The van der Waals surface area contributed by atoms with Crippen molar-refractivity contribution in [1.82, 2.24) is 9.91 Å². The third kappa shape index (κ3) is 5.48. The normalized spacial score (nSPS) is 15.7. The Balaban J connectivity index is 1.91. The van der Waals surface area contributed by atoms with Gasteiger partial charge in [0, 0.05) is 37.1 Å².